The summed E-state index contributed by atoms with van der Waals surface area (Å²) in [6.45, 7) is 2.49. The molecule has 1 heterocycles. The van der Waals surface area contributed by atoms with Gasteiger partial charge in [0.05, 0.1) is 18.0 Å². The summed E-state index contributed by atoms with van der Waals surface area (Å²) in [6, 6.07) is 13.9. The molecular formula is C18H18N2O3. The third-order valence-electron chi connectivity index (χ3n) is 3.71. The van der Waals surface area contributed by atoms with Crippen LogP contribution in [-0.2, 0) is 4.79 Å². The molecule has 5 nitrogen and oxygen atoms in total. The van der Waals surface area contributed by atoms with Crippen LogP contribution in [0.1, 0.15) is 23.7 Å². The van der Waals surface area contributed by atoms with Crippen molar-refractivity contribution in [2.24, 2.45) is 0 Å². The van der Waals surface area contributed by atoms with Gasteiger partial charge in [-0.3, -0.25) is 9.59 Å². The van der Waals surface area contributed by atoms with Crippen LogP contribution in [0.15, 0.2) is 48.5 Å². The lowest BCUT2D eigenvalue weighted by atomic mass is 10.0. The maximum absolute atomic E-state index is 12.4. The van der Waals surface area contributed by atoms with E-state index < -0.39 is 6.04 Å². The van der Waals surface area contributed by atoms with Crippen molar-refractivity contribution >= 4 is 23.1 Å². The van der Waals surface area contributed by atoms with E-state index in [4.69, 9.17) is 4.74 Å². The maximum Gasteiger partial charge on any atom is 0.247 e. The Morgan fingerprint density at radius 1 is 1.09 bits per heavy atom. The first-order chi connectivity index (χ1) is 11.2. The molecule has 2 aromatic rings. The third-order valence-corrected chi connectivity index (χ3v) is 3.71. The van der Waals surface area contributed by atoms with Gasteiger partial charge in [-0.25, -0.2) is 0 Å². The molecular weight excluding hydrogens is 292 g/mol. The number of amides is 1. The summed E-state index contributed by atoms with van der Waals surface area (Å²) in [5.74, 6) is 0.453. The Morgan fingerprint density at radius 3 is 2.48 bits per heavy atom. The SMILES string of the molecule is CCOc1ccc(C(=O)C[C@@H]2Nc3ccccc3NC2=O)cc1. The molecule has 1 atom stereocenters. The van der Waals surface area contributed by atoms with Crippen molar-refractivity contribution in [2.75, 3.05) is 17.2 Å². The fourth-order valence-electron chi connectivity index (χ4n) is 2.54. The molecule has 1 amide bonds. The predicted molar refractivity (Wildman–Crippen MR) is 89.0 cm³/mol. The van der Waals surface area contributed by atoms with Crippen LogP contribution in [0.5, 0.6) is 5.75 Å². The number of rotatable bonds is 5. The Bertz CT molecular complexity index is 725. The minimum atomic E-state index is -0.566. The van der Waals surface area contributed by atoms with Gasteiger partial charge in [0.1, 0.15) is 11.8 Å². The van der Waals surface area contributed by atoms with Gasteiger partial charge in [-0.15, -0.1) is 0 Å². The van der Waals surface area contributed by atoms with Crippen molar-refractivity contribution in [3.05, 3.63) is 54.1 Å². The summed E-state index contributed by atoms with van der Waals surface area (Å²) in [6.07, 6.45) is 0.105. The number of ether oxygens (including phenoxy) is 1. The Kier molecular flexibility index (Phi) is 4.28. The molecule has 0 bridgehead atoms. The first-order valence-electron chi connectivity index (χ1n) is 7.60. The van der Waals surface area contributed by atoms with Crippen LogP contribution in [0.2, 0.25) is 0 Å². The lowest BCUT2D eigenvalue weighted by Crippen LogP contribution is -2.40. The predicted octanol–water partition coefficient (Wildman–Crippen LogP) is 3.09. The average Bonchev–Trinajstić information content (AvgIpc) is 2.56. The highest BCUT2D eigenvalue weighted by atomic mass is 16.5. The summed E-state index contributed by atoms with van der Waals surface area (Å²) in [7, 11) is 0. The second-order valence-corrected chi connectivity index (χ2v) is 5.32. The zero-order chi connectivity index (χ0) is 16.2. The lowest BCUT2D eigenvalue weighted by molar-refractivity contribution is -0.117. The topological polar surface area (TPSA) is 67.4 Å². The zero-order valence-electron chi connectivity index (χ0n) is 12.8. The summed E-state index contributed by atoms with van der Waals surface area (Å²) < 4.78 is 5.36. The molecule has 1 aliphatic rings. The molecule has 3 rings (SSSR count). The monoisotopic (exact) mass is 310 g/mol. The number of nitrogens with one attached hydrogen (secondary N) is 2. The number of anilines is 2. The van der Waals surface area contributed by atoms with E-state index in [-0.39, 0.29) is 18.1 Å². The first-order valence-corrected chi connectivity index (χ1v) is 7.60. The molecule has 0 radical (unpaired) electrons. The normalized spacial score (nSPS) is 16.0. The molecule has 118 valence electrons. The Balaban J connectivity index is 1.69. The van der Waals surface area contributed by atoms with E-state index in [1.165, 1.54) is 0 Å². The van der Waals surface area contributed by atoms with Gasteiger partial charge in [-0.05, 0) is 43.3 Å². The van der Waals surface area contributed by atoms with Crippen molar-refractivity contribution in [1.82, 2.24) is 0 Å². The number of carbonyl (C=O) groups excluding carboxylic acids is 2. The number of benzene rings is 2. The van der Waals surface area contributed by atoms with E-state index in [0.717, 1.165) is 17.1 Å². The number of hydrogen-bond donors (Lipinski definition) is 2. The van der Waals surface area contributed by atoms with Crippen LogP contribution in [0.3, 0.4) is 0 Å². The number of fused-ring (bicyclic) bond motifs is 1. The summed E-state index contributed by atoms with van der Waals surface area (Å²) in [5, 5.41) is 5.94. The zero-order valence-corrected chi connectivity index (χ0v) is 12.8. The molecule has 0 aromatic heterocycles. The lowest BCUT2D eigenvalue weighted by Gasteiger charge is -2.26. The molecule has 1 aliphatic heterocycles. The molecule has 23 heavy (non-hydrogen) atoms. The van der Waals surface area contributed by atoms with Gasteiger partial charge >= 0.3 is 0 Å². The highest BCUT2D eigenvalue weighted by Crippen LogP contribution is 2.27. The number of ketones is 1. The fraction of sp³-hybridized carbons (Fsp3) is 0.222. The standard InChI is InChI=1S/C18H18N2O3/c1-2-23-13-9-7-12(8-10-13)17(21)11-16-18(22)20-15-6-4-3-5-14(15)19-16/h3-10,16,19H,2,11H2,1H3,(H,20,22)/t16-/m0/s1. The van der Waals surface area contributed by atoms with E-state index >= 15 is 0 Å². The van der Waals surface area contributed by atoms with E-state index in [1.807, 2.05) is 31.2 Å². The number of hydrogen-bond acceptors (Lipinski definition) is 4. The van der Waals surface area contributed by atoms with Gasteiger partial charge in [-0.1, -0.05) is 12.1 Å². The highest BCUT2D eigenvalue weighted by molar-refractivity contribution is 6.07. The minimum absolute atomic E-state index is 0.0833. The van der Waals surface area contributed by atoms with E-state index in [2.05, 4.69) is 10.6 Å². The first kappa shape index (κ1) is 15.1. The molecule has 0 aliphatic carbocycles. The van der Waals surface area contributed by atoms with E-state index in [9.17, 15) is 9.59 Å². The quantitative estimate of drug-likeness (QED) is 0.833. The molecule has 0 fully saturated rings. The molecule has 5 heteroatoms. The maximum atomic E-state index is 12.4. The molecule has 0 saturated carbocycles. The number of carbonyl (C=O) groups is 2. The van der Waals surface area contributed by atoms with Crippen LogP contribution in [0.25, 0.3) is 0 Å². The second-order valence-electron chi connectivity index (χ2n) is 5.32. The largest absolute Gasteiger partial charge is 0.494 e. The molecule has 2 N–H and O–H groups in total. The summed E-state index contributed by atoms with van der Waals surface area (Å²) in [5.41, 5.74) is 2.14. The van der Waals surface area contributed by atoms with Crippen LogP contribution < -0.4 is 15.4 Å². The van der Waals surface area contributed by atoms with Crippen molar-refractivity contribution in [2.45, 2.75) is 19.4 Å². The van der Waals surface area contributed by atoms with Crippen molar-refractivity contribution < 1.29 is 14.3 Å². The number of Topliss-reactive ketones (excluding diaryl/α,β-unsaturated/α-hetero) is 1. The van der Waals surface area contributed by atoms with Crippen LogP contribution in [0, 0.1) is 0 Å². The van der Waals surface area contributed by atoms with Gasteiger partial charge in [0, 0.05) is 12.0 Å². The smallest absolute Gasteiger partial charge is 0.247 e. The average molecular weight is 310 g/mol. The fourth-order valence-corrected chi connectivity index (χ4v) is 2.54. The van der Waals surface area contributed by atoms with Crippen molar-refractivity contribution in [3.63, 3.8) is 0 Å². The summed E-state index contributed by atoms with van der Waals surface area (Å²) in [4.78, 5) is 24.5. The van der Waals surface area contributed by atoms with Crippen molar-refractivity contribution in [3.8, 4) is 5.75 Å². The number of para-hydroxylation sites is 2. The van der Waals surface area contributed by atoms with Gasteiger partial charge in [0.2, 0.25) is 5.91 Å². The highest BCUT2D eigenvalue weighted by Gasteiger charge is 2.27. The molecule has 0 saturated heterocycles. The van der Waals surface area contributed by atoms with E-state index in [1.54, 1.807) is 24.3 Å². The van der Waals surface area contributed by atoms with Gasteiger partial charge in [0.15, 0.2) is 5.78 Å². The minimum Gasteiger partial charge on any atom is -0.494 e. The van der Waals surface area contributed by atoms with E-state index in [0.29, 0.717) is 12.2 Å². The van der Waals surface area contributed by atoms with Gasteiger partial charge < -0.3 is 15.4 Å². The van der Waals surface area contributed by atoms with Crippen LogP contribution >= 0.6 is 0 Å². The molecule has 0 spiro atoms. The van der Waals surface area contributed by atoms with Gasteiger partial charge in [-0.2, -0.15) is 0 Å². The van der Waals surface area contributed by atoms with Crippen LogP contribution in [0.4, 0.5) is 11.4 Å². The van der Waals surface area contributed by atoms with Crippen LogP contribution in [-0.4, -0.2) is 24.3 Å². The van der Waals surface area contributed by atoms with Gasteiger partial charge in [0.25, 0.3) is 0 Å². The Morgan fingerprint density at radius 2 is 1.78 bits per heavy atom. The second kappa shape index (κ2) is 6.52. The molecule has 2 aromatic carbocycles. The summed E-state index contributed by atoms with van der Waals surface area (Å²) >= 11 is 0. The third kappa shape index (κ3) is 3.34. The Labute approximate surface area is 134 Å². The molecule has 0 unspecified atom stereocenters. The van der Waals surface area contributed by atoms with Crippen molar-refractivity contribution in [1.29, 1.82) is 0 Å². The Hall–Kier alpha value is -2.82.